The highest BCUT2D eigenvalue weighted by atomic mass is 32.2. The minimum atomic E-state index is -4.78. The summed E-state index contributed by atoms with van der Waals surface area (Å²) >= 11 is 0. The summed E-state index contributed by atoms with van der Waals surface area (Å²) in [4.78, 5) is 9.04. The highest BCUT2D eigenvalue weighted by Gasteiger charge is 2.37. The van der Waals surface area contributed by atoms with Gasteiger partial charge in [0.2, 0.25) is 0 Å². The molecule has 2 rings (SSSR count). The van der Waals surface area contributed by atoms with Crippen LogP contribution < -0.4 is 5.32 Å². The van der Waals surface area contributed by atoms with E-state index in [1.54, 1.807) is 0 Å². The van der Waals surface area contributed by atoms with E-state index in [0.717, 1.165) is 18.2 Å². The van der Waals surface area contributed by atoms with Crippen molar-refractivity contribution >= 4 is 21.5 Å². The number of nitrogens with one attached hydrogen (secondary N) is 1. The smallest absolute Gasteiger partial charge is 0.301 e. The number of aliphatic hydroxyl groups is 3. The standard InChI is InChI=1S/C11H14N2O9S/c14-7-4-22-11(10(16)9(7)15)12-5-1-2-8(23(19,20)21)6(3-5)13(17)18/h1-3,7,9-12,14-16H,4H2,(H,19,20,21)/t7-,9+,10-,11+/m1/s1. The van der Waals surface area contributed by atoms with E-state index in [0.29, 0.717) is 0 Å². The van der Waals surface area contributed by atoms with Crippen LogP contribution in [-0.4, -0.2) is 64.4 Å². The van der Waals surface area contributed by atoms with Gasteiger partial charge in [0, 0.05) is 11.8 Å². The van der Waals surface area contributed by atoms with Gasteiger partial charge in [-0.15, -0.1) is 0 Å². The van der Waals surface area contributed by atoms with Crippen LogP contribution in [0.3, 0.4) is 0 Å². The first-order valence-corrected chi connectivity index (χ1v) is 7.73. The predicted octanol–water partition coefficient (Wildman–Crippen LogP) is -1.31. The zero-order chi connectivity index (χ0) is 17.4. The first-order valence-electron chi connectivity index (χ1n) is 6.29. The number of anilines is 1. The van der Waals surface area contributed by atoms with Gasteiger partial charge in [-0.05, 0) is 12.1 Å². The average Bonchev–Trinajstić information content (AvgIpc) is 2.46. The second-order valence-electron chi connectivity index (χ2n) is 4.86. The van der Waals surface area contributed by atoms with E-state index in [-0.39, 0.29) is 12.3 Å². The summed E-state index contributed by atoms with van der Waals surface area (Å²) in [5.74, 6) is 0. The fourth-order valence-corrected chi connectivity index (χ4v) is 2.70. The summed E-state index contributed by atoms with van der Waals surface area (Å²) < 4.78 is 36.2. The molecule has 128 valence electrons. The number of rotatable bonds is 4. The maximum Gasteiger partial charge on any atom is 0.301 e. The van der Waals surface area contributed by atoms with Crippen molar-refractivity contribution in [3.63, 3.8) is 0 Å². The number of benzene rings is 1. The van der Waals surface area contributed by atoms with Crippen LogP contribution in [0.1, 0.15) is 0 Å². The Bertz CT molecular complexity index is 707. The summed E-state index contributed by atoms with van der Waals surface area (Å²) in [6, 6.07) is 2.76. The Balaban J connectivity index is 2.28. The van der Waals surface area contributed by atoms with Gasteiger partial charge in [-0.3, -0.25) is 14.7 Å². The van der Waals surface area contributed by atoms with Crippen LogP contribution in [-0.2, 0) is 14.9 Å². The molecular weight excluding hydrogens is 336 g/mol. The Morgan fingerprint density at radius 2 is 1.91 bits per heavy atom. The third-order valence-electron chi connectivity index (χ3n) is 3.24. The lowest BCUT2D eigenvalue weighted by atomic mass is 10.0. The minimum Gasteiger partial charge on any atom is -0.388 e. The maximum absolute atomic E-state index is 11.1. The van der Waals surface area contributed by atoms with Gasteiger partial charge < -0.3 is 25.4 Å². The van der Waals surface area contributed by atoms with Crippen LogP contribution in [0.25, 0.3) is 0 Å². The molecule has 11 nitrogen and oxygen atoms in total. The number of aliphatic hydroxyl groups excluding tert-OH is 3. The van der Waals surface area contributed by atoms with Gasteiger partial charge in [-0.25, -0.2) is 0 Å². The van der Waals surface area contributed by atoms with Gasteiger partial charge >= 0.3 is 10.1 Å². The first kappa shape index (κ1) is 17.5. The van der Waals surface area contributed by atoms with Crippen molar-refractivity contribution in [2.45, 2.75) is 29.4 Å². The molecule has 4 atom stereocenters. The minimum absolute atomic E-state index is 0.0109. The van der Waals surface area contributed by atoms with Crippen molar-refractivity contribution in [1.29, 1.82) is 0 Å². The van der Waals surface area contributed by atoms with Gasteiger partial charge in [-0.2, -0.15) is 8.42 Å². The summed E-state index contributed by atoms with van der Waals surface area (Å²) in [6.07, 6.45) is -5.45. The molecule has 12 heteroatoms. The van der Waals surface area contributed by atoms with Crippen LogP contribution in [0.5, 0.6) is 0 Å². The molecule has 0 aromatic heterocycles. The first-order chi connectivity index (χ1) is 10.6. The highest BCUT2D eigenvalue weighted by Crippen LogP contribution is 2.28. The summed E-state index contributed by atoms with van der Waals surface area (Å²) in [7, 11) is -4.78. The molecule has 0 spiro atoms. The fraction of sp³-hybridized carbons (Fsp3) is 0.455. The van der Waals surface area contributed by atoms with Crippen molar-refractivity contribution in [2.24, 2.45) is 0 Å². The lowest BCUT2D eigenvalue weighted by Gasteiger charge is -2.35. The third-order valence-corrected chi connectivity index (χ3v) is 4.14. The number of nitro benzene ring substituents is 1. The second-order valence-corrected chi connectivity index (χ2v) is 6.25. The van der Waals surface area contributed by atoms with Crippen LogP contribution in [0.2, 0.25) is 0 Å². The lowest BCUT2D eigenvalue weighted by molar-refractivity contribution is -0.387. The zero-order valence-electron chi connectivity index (χ0n) is 11.4. The van der Waals surface area contributed by atoms with E-state index in [1.165, 1.54) is 0 Å². The average molecular weight is 350 g/mol. The lowest BCUT2D eigenvalue weighted by Crippen LogP contribution is -2.55. The van der Waals surface area contributed by atoms with Gasteiger partial charge in [0.25, 0.3) is 5.69 Å². The van der Waals surface area contributed by atoms with Crippen LogP contribution in [0, 0.1) is 10.1 Å². The molecule has 1 aliphatic heterocycles. The second kappa shape index (κ2) is 6.35. The highest BCUT2D eigenvalue weighted by molar-refractivity contribution is 7.86. The van der Waals surface area contributed by atoms with Crippen LogP contribution in [0.15, 0.2) is 23.1 Å². The SMILES string of the molecule is O=[N+]([O-])c1cc(N[C@H]2OC[C@@H](O)[C@H](O)[C@H]2O)ccc1S(=O)(=O)O. The van der Waals surface area contributed by atoms with Gasteiger partial charge in [-0.1, -0.05) is 0 Å². The van der Waals surface area contributed by atoms with Gasteiger partial charge in [0.05, 0.1) is 11.5 Å². The fourth-order valence-electron chi connectivity index (χ4n) is 2.07. The van der Waals surface area contributed by atoms with E-state index in [1.807, 2.05) is 0 Å². The molecule has 0 saturated carbocycles. The molecule has 0 unspecified atom stereocenters. The molecular formula is C11H14N2O9S. The van der Waals surface area contributed by atoms with Crippen molar-refractivity contribution in [1.82, 2.24) is 0 Å². The molecule has 1 fully saturated rings. The van der Waals surface area contributed by atoms with Crippen molar-refractivity contribution < 1.29 is 38.0 Å². The molecule has 5 N–H and O–H groups in total. The molecule has 1 aliphatic rings. The van der Waals surface area contributed by atoms with Gasteiger partial charge in [0.15, 0.2) is 11.1 Å². The number of hydrogen-bond acceptors (Lipinski definition) is 9. The summed E-state index contributed by atoms with van der Waals surface area (Å²) in [5.41, 5.74) is -0.861. The van der Waals surface area contributed by atoms with Crippen molar-refractivity contribution in [3.05, 3.63) is 28.3 Å². The predicted molar refractivity (Wildman–Crippen MR) is 74.3 cm³/mol. The normalized spacial score (nSPS) is 28.3. The van der Waals surface area contributed by atoms with Crippen LogP contribution >= 0.6 is 0 Å². The Kier molecular flexibility index (Phi) is 4.84. The molecule has 1 aromatic carbocycles. The third kappa shape index (κ3) is 3.74. The van der Waals surface area contributed by atoms with E-state index < -0.39 is 50.2 Å². The van der Waals surface area contributed by atoms with E-state index in [4.69, 9.17) is 9.29 Å². The maximum atomic E-state index is 11.1. The largest absolute Gasteiger partial charge is 0.388 e. The van der Waals surface area contributed by atoms with Crippen molar-refractivity contribution in [3.8, 4) is 0 Å². The van der Waals surface area contributed by atoms with Crippen molar-refractivity contribution in [2.75, 3.05) is 11.9 Å². The topological polar surface area (TPSA) is 179 Å². The molecule has 1 aromatic rings. The molecule has 23 heavy (non-hydrogen) atoms. The Labute approximate surface area is 130 Å². The number of ether oxygens (including phenoxy) is 1. The Morgan fingerprint density at radius 3 is 2.48 bits per heavy atom. The molecule has 0 amide bonds. The molecule has 0 radical (unpaired) electrons. The number of nitro groups is 1. The molecule has 1 saturated heterocycles. The zero-order valence-corrected chi connectivity index (χ0v) is 12.3. The van der Waals surface area contributed by atoms with Crippen LogP contribution in [0.4, 0.5) is 11.4 Å². The quantitative estimate of drug-likeness (QED) is 0.248. The molecule has 0 bridgehead atoms. The van der Waals surface area contributed by atoms with Gasteiger partial charge in [0.1, 0.15) is 18.3 Å². The van der Waals surface area contributed by atoms with E-state index >= 15 is 0 Å². The Morgan fingerprint density at radius 1 is 1.26 bits per heavy atom. The molecule has 0 aliphatic carbocycles. The van der Waals surface area contributed by atoms with E-state index in [9.17, 15) is 33.9 Å². The molecule has 1 heterocycles. The number of hydrogen-bond donors (Lipinski definition) is 5. The summed E-state index contributed by atoms with van der Waals surface area (Å²) in [6.45, 7) is -0.277. The summed E-state index contributed by atoms with van der Waals surface area (Å²) in [5, 5.41) is 42.1. The monoisotopic (exact) mass is 350 g/mol. The van der Waals surface area contributed by atoms with E-state index in [2.05, 4.69) is 5.32 Å². The Hall–Kier alpha value is -1.83. The number of nitrogens with zero attached hydrogens (tertiary/aromatic N) is 1.